The van der Waals surface area contributed by atoms with Gasteiger partial charge >= 0.3 is 5.97 Å². The number of hydrogen-bond donors (Lipinski definition) is 2. The standard InChI is InChI=1S/C15H17N3O3/c1-3-21-15(20)10-5-4-6-12(7-10)17-14(19)13-8-11(16)9-18(13)2/h4-9H,3,16H2,1-2H3,(H,17,19). The fraction of sp³-hybridized carbons (Fsp3) is 0.200. The Balaban J connectivity index is 2.16. The van der Waals surface area contributed by atoms with Crippen LogP contribution in [-0.4, -0.2) is 23.1 Å². The molecule has 21 heavy (non-hydrogen) atoms. The molecule has 0 aliphatic carbocycles. The number of esters is 1. The molecule has 1 heterocycles. The van der Waals surface area contributed by atoms with Gasteiger partial charge in [0.05, 0.1) is 17.9 Å². The number of nitrogens with two attached hydrogens (primary N) is 1. The first-order chi connectivity index (χ1) is 10.0. The van der Waals surface area contributed by atoms with Crippen molar-refractivity contribution in [2.45, 2.75) is 6.92 Å². The van der Waals surface area contributed by atoms with Crippen LogP contribution in [-0.2, 0) is 11.8 Å². The average Bonchev–Trinajstić information content (AvgIpc) is 2.78. The van der Waals surface area contributed by atoms with Crippen molar-refractivity contribution < 1.29 is 14.3 Å². The van der Waals surface area contributed by atoms with Gasteiger partial charge in [0.1, 0.15) is 5.69 Å². The molecular weight excluding hydrogens is 270 g/mol. The summed E-state index contributed by atoms with van der Waals surface area (Å²) >= 11 is 0. The van der Waals surface area contributed by atoms with Gasteiger partial charge in [0.25, 0.3) is 5.91 Å². The number of ether oxygens (including phenoxy) is 1. The summed E-state index contributed by atoms with van der Waals surface area (Å²) in [6, 6.07) is 8.18. The molecule has 2 aromatic rings. The summed E-state index contributed by atoms with van der Waals surface area (Å²) in [6.07, 6.45) is 1.66. The minimum absolute atomic E-state index is 0.296. The van der Waals surface area contributed by atoms with Crippen LogP contribution in [0.15, 0.2) is 36.5 Å². The lowest BCUT2D eigenvalue weighted by Gasteiger charge is -2.07. The minimum Gasteiger partial charge on any atom is -0.462 e. The van der Waals surface area contributed by atoms with Crippen LogP contribution < -0.4 is 11.1 Å². The summed E-state index contributed by atoms with van der Waals surface area (Å²) in [4.78, 5) is 23.8. The Hall–Kier alpha value is -2.76. The fourth-order valence-corrected chi connectivity index (χ4v) is 1.95. The Morgan fingerprint density at radius 3 is 2.71 bits per heavy atom. The van der Waals surface area contributed by atoms with Gasteiger partial charge in [-0.25, -0.2) is 4.79 Å². The topological polar surface area (TPSA) is 86.3 Å². The lowest BCUT2D eigenvalue weighted by Crippen LogP contribution is -2.15. The van der Waals surface area contributed by atoms with Gasteiger partial charge in [-0.05, 0) is 31.2 Å². The van der Waals surface area contributed by atoms with Gasteiger partial charge in [0.2, 0.25) is 0 Å². The molecule has 0 radical (unpaired) electrons. The van der Waals surface area contributed by atoms with E-state index in [0.717, 1.165) is 0 Å². The molecule has 0 spiro atoms. The molecule has 0 saturated heterocycles. The van der Waals surface area contributed by atoms with Crippen molar-refractivity contribution in [3.05, 3.63) is 47.8 Å². The Morgan fingerprint density at radius 1 is 1.33 bits per heavy atom. The molecule has 0 aliphatic rings. The second kappa shape index (κ2) is 6.13. The first-order valence-corrected chi connectivity index (χ1v) is 6.51. The van der Waals surface area contributed by atoms with E-state index in [-0.39, 0.29) is 5.91 Å². The molecule has 0 bridgehead atoms. The molecule has 1 aromatic heterocycles. The SMILES string of the molecule is CCOC(=O)c1cccc(NC(=O)c2cc(N)cn2C)c1. The van der Waals surface area contributed by atoms with E-state index in [9.17, 15) is 9.59 Å². The number of nitrogens with zero attached hydrogens (tertiary/aromatic N) is 1. The predicted molar refractivity (Wildman–Crippen MR) is 80.2 cm³/mol. The molecular formula is C15H17N3O3. The quantitative estimate of drug-likeness (QED) is 0.842. The zero-order valence-corrected chi connectivity index (χ0v) is 11.9. The molecule has 0 saturated carbocycles. The van der Waals surface area contributed by atoms with Crippen LogP contribution in [0, 0.1) is 0 Å². The number of nitrogens with one attached hydrogen (secondary N) is 1. The molecule has 1 amide bonds. The predicted octanol–water partition coefficient (Wildman–Crippen LogP) is 2.04. The van der Waals surface area contributed by atoms with E-state index < -0.39 is 5.97 Å². The van der Waals surface area contributed by atoms with Crippen LogP contribution in [0.4, 0.5) is 11.4 Å². The van der Waals surface area contributed by atoms with Crippen LogP contribution in [0.2, 0.25) is 0 Å². The number of aryl methyl sites for hydroxylation is 1. The molecule has 6 heteroatoms. The van der Waals surface area contributed by atoms with Crippen LogP contribution in [0.5, 0.6) is 0 Å². The Bertz CT molecular complexity index is 677. The molecule has 0 fully saturated rings. The summed E-state index contributed by atoms with van der Waals surface area (Å²) in [5, 5.41) is 2.73. The summed E-state index contributed by atoms with van der Waals surface area (Å²) in [6.45, 7) is 2.04. The number of nitrogen functional groups attached to an aromatic ring is 1. The average molecular weight is 287 g/mol. The summed E-state index contributed by atoms with van der Waals surface area (Å²) in [7, 11) is 1.74. The summed E-state index contributed by atoms with van der Waals surface area (Å²) in [5.41, 5.74) is 7.51. The number of aromatic nitrogens is 1. The van der Waals surface area contributed by atoms with E-state index in [0.29, 0.717) is 29.2 Å². The molecule has 0 aliphatic heterocycles. The maximum Gasteiger partial charge on any atom is 0.338 e. The third kappa shape index (κ3) is 3.42. The highest BCUT2D eigenvalue weighted by Crippen LogP contribution is 2.15. The minimum atomic E-state index is -0.420. The molecule has 0 unspecified atom stereocenters. The van der Waals surface area contributed by atoms with Crippen LogP contribution in [0.3, 0.4) is 0 Å². The number of hydrogen-bond acceptors (Lipinski definition) is 4. The van der Waals surface area contributed by atoms with Gasteiger partial charge in [-0.3, -0.25) is 4.79 Å². The Kier molecular flexibility index (Phi) is 4.27. The summed E-state index contributed by atoms with van der Waals surface area (Å²) in [5.74, 6) is -0.716. The molecule has 0 atom stereocenters. The smallest absolute Gasteiger partial charge is 0.338 e. The number of rotatable bonds is 4. The van der Waals surface area contributed by atoms with E-state index in [4.69, 9.17) is 10.5 Å². The number of benzene rings is 1. The number of amides is 1. The highest BCUT2D eigenvalue weighted by molar-refractivity contribution is 6.04. The van der Waals surface area contributed by atoms with E-state index in [1.165, 1.54) is 0 Å². The third-order valence-electron chi connectivity index (χ3n) is 2.89. The Morgan fingerprint density at radius 2 is 2.10 bits per heavy atom. The van der Waals surface area contributed by atoms with Gasteiger partial charge in [0.15, 0.2) is 0 Å². The normalized spacial score (nSPS) is 10.2. The van der Waals surface area contributed by atoms with E-state index in [1.807, 2.05) is 0 Å². The fourth-order valence-electron chi connectivity index (χ4n) is 1.95. The first kappa shape index (κ1) is 14.6. The highest BCUT2D eigenvalue weighted by Gasteiger charge is 2.12. The number of carbonyl (C=O) groups excluding carboxylic acids is 2. The van der Waals surface area contributed by atoms with Crippen molar-refractivity contribution >= 4 is 23.3 Å². The van der Waals surface area contributed by atoms with E-state index >= 15 is 0 Å². The van der Waals surface area contributed by atoms with Gasteiger partial charge in [0, 0.05) is 18.9 Å². The van der Waals surface area contributed by atoms with Gasteiger partial charge in [-0.15, -0.1) is 0 Å². The molecule has 6 nitrogen and oxygen atoms in total. The number of carbonyl (C=O) groups is 2. The van der Waals surface area contributed by atoms with Crippen molar-refractivity contribution in [3.63, 3.8) is 0 Å². The highest BCUT2D eigenvalue weighted by atomic mass is 16.5. The molecule has 3 N–H and O–H groups in total. The lowest BCUT2D eigenvalue weighted by atomic mass is 10.2. The third-order valence-corrected chi connectivity index (χ3v) is 2.89. The lowest BCUT2D eigenvalue weighted by molar-refractivity contribution is 0.0526. The zero-order valence-electron chi connectivity index (χ0n) is 11.9. The number of anilines is 2. The van der Waals surface area contributed by atoms with Crippen molar-refractivity contribution in [1.82, 2.24) is 4.57 Å². The van der Waals surface area contributed by atoms with Crippen molar-refractivity contribution in [2.75, 3.05) is 17.7 Å². The largest absolute Gasteiger partial charge is 0.462 e. The van der Waals surface area contributed by atoms with Gasteiger partial charge in [-0.2, -0.15) is 0 Å². The maximum absolute atomic E-state index is 12.2. The van der Waals surface area contributed by atoms with E-state index in [1.54, 1.807) is 55.1 Å². The summed E-state index contributed by atoms with van der Waals surface area (Å²) < 4.78 is 6.56. The zero-order chi connectivity index (χ0) is 15.4. The first-order valence-electron chi connectivity index (χ1n) is 6.51. The van der Waals surface area contributed by atoms with Crippen LogP contribution in [0.1, 0.15) is 27.8 Å². The molecule has 2 rings (SSSR count). The second-order valence-electron chi connectivity index (χ2n) is 4.52. The monoisotopic (exact) mass is 287 g/mol. The molecule has 1 aromatic carbocycles. The van der Waals surface area contributed by atoms with Crippen molar-refractivity contribution in [1.29, 1.82) is 0 Å². The maximum atomic E-state index is 12.2. The van der Waals surface area contributed by atoms with E-state index in [2.05, 4.69) is 5.32 Å². The van der Waals surface area contributed by atoms with Gasteiger partial charge in [-0.1, -0.05) is 6.07 Å². The molecule has 110 valence electrons. The van der Waals surface area contributed by atoms with Crippen LogP contribution in [0.25, 0.3) is 0 Å². The Labute approximate surface area is 122 Å². The van der Waals surface area contributed by atoms with Crippen molar-refractivity contribution in [2.24, 2.45) is 7.05 Å². The van der Waals surface area contributed by atoms with Crippen molar-refractivity contribution in [3.8, 4) is 0 Å². The van der Waals surface area contributed by atoms with Gasteiger partial charge < -0.3 is 20.4 Å². The van der Waals surface area contributed by atoms with Crippen LogP contribution >= 0.6 is 0 Å². The second-order valence-corrected chi connectivity index (χ2v) is 4.52.